The summed E-state index contributed by atoms with van der Waals surface area (Å²) in [6.07, 6.45) is 0. The number of nitrogens with one attached hydrogen (secondary N) is 1. The number of benzene rings is 1. The second-order valence-corrected chi connectivity index (χ2v) is 7.26. The molecule has 0 amide bonds. The van der Waals surface area contributed by atoms with Crippen LogP contribution in [0.25, 0.3) is 20.4 Å². The second kappa shape index (κ2) is 4.05. The van der Waals surface area contributed by atoms with Gasteiger partial charge in [0.2, 0.25) is 0 Å². The molecule has 17 heavy (non-hydrogen) atoms. The summed E-state index contributed by atoms with van der Waals surface area (Å²) >= 11 is 7.92. The zero-order valence-corrected chi connectivity index (χ0v) is 12.9. The molecule has 0 radical (unpaired) electrons. The Hall–Kier alpha value is -0.420. The molecule has 0 bridgehead atoms. The van der Waals surface area contributed by atoms with E-state index in [1.165, 1.54) is 0 Å². The molecule has 3 nitrogen and oxygen atoms in total. The maximum atomic E-state index is 4.61. The van der Waals surface area contributed by atoms with Crippen molar-refractivity contribution in [2.75, 3.05) is 12.4 Å². The summed E-state index contributed by atoms with van der Waals surface area (Å²) in [7, 11) is 4.56. The fraction of sp³-hybridized carbons (Fsp3) is 0.200. The van der Waals surface area contributed by atoms with Crippen LogP contribution in [0.5, 0.6) is 0 Å². The molecular weight excluding hydrogens is 289 g/mol. The zero-order valence-electron chi connectivity index (χ0n) is 9.24. The third kappa shape index (κ3) is 1.66. The minimum atomic E-state index is 0.935. The molecule has 0 saturated carbocycles. The highest BCUT2D eigenvalue weighted by Crippen LogP contribution is 2.41. The van der Waals surface area contributed by atoms with Gasteiger partial charge in [-0.2, -0.15) is 0 Å². The third-order valence-electron chi connectivity index (χ3n) is 2.53. The summed E-state index contributed by atoms with van der Waals surface area (Å²) in [6, 6.07) is 0. The molecule has 0 saturated heterocycles. The van der Waals surface area contributed by atoms with E-state index >= 15 is 0 Å². The van der Waals surface area contributed by atoms with E-state index in [0.29, 0.717) is 0 Å². The van der Waals surface area contributed by atoms with Crippen LogP contribution in [0.1, 0.15) is 5.01 Å². The Kier molecular flexibility index (Phi) is 2.78. The molecule has 2 heterocycles. The van der Waals surface area contributed by atoms with Gasteiger partial charge < -0.3 is 5.32 Å². The summed E-state index contributed by atoms with van der Waals surface area (Å²) < 4.78 is 3.21. The molecule has 7 heteroatoms. The molecule has 0 spiro atoms. The summed E-state index contributed by atoms with van der Waals surface area (Å²) in [5.41, 5.74) is 3.02. The number of thiazole rings is 2. The molecule has 1 aromatic carbocycles. The number of nitrogens with zero attached hydrogens (tertiary/aromatic N) is 2. The van der Waals surface area contributed by atoms with Crippen molar-refractivity contribution in [3.8, 4) is 0 Å². The molecule has 1 N–H and O–H groups in total. The van der Waals surface area contributed by atoms with Crippen LogP contribution in [0.4, 0.5) is 5.69 Å². The lowest BCUT2D eigenvalue weighted by molar-refractivity contribution is 1.34. The number of aryl methyl sites for hydroxylation is 1. The second-order valence-electron chi connectivity index (χ2n) is 3.61. The largest absolute Gasteiger partial charge is 0.385 e. The van der Waals surface area contributed by atoms with Crippen LogP contribution in [0.15, 0.2) is 4.90 Å². The highest BCUT2D eigenvalue weighted by molar-refractivity contribution is 7.81. The van der Waals surface area contributed by atoms with Gasteiger partial charge in [0, 0.05) is 7.05 Å². The number of rotatable bonds is 1. The molecule has 0 fully saturated rings. The van der Waals surface area contributed by atoms with Crippen molar-refractivity contribution in [3.05, 3.63) is 5.01 Å². The molecular formula is C10H10N3PS3. The number of hydrogen-bond acceptors (Lipinski definition) is 6. The van der Waals surface area contributed by atoms with Crippen LogP contribution in [0.2, 0.25) is 0 Å². The Bertz CT molecular complexity index is 674. The van der Waals surface area contributed by atoms with Gasteiger partial charge in [-0.15, -0.1) is 35.3 Å². The van der Waals surface area contributed by atoms with Crippen molar-refractivity contribution in [2.45, 2.75) is 11.8 Å². The molecule has 0 aliphatic heterocycles. The predicted octanol–water partition coefficient (Wildman–Crippen LogP) is 3.05. The Morgan fingerprint density at radius 2 is 1.94 bits per heavy atom. The highest BCUT2D eigenvalue weighted by atomic mass is 32.1. The van der Waals surface area contributed by atoms with E-state index in [1.807, 2.05) is 14.0 Å². The fourth-order valence-electron chi connectivity index (χ4n) is 1.87. The lowest BCUT2D eigenvalue weighted by Crippen LogP contribution is -1.91. The minimum absolute atomic E-state index is 0.935. The van der Waals surface area contributed by atoms with Crippen molar-refractivity contribution in [3.63, 3.8) is 0 Å². The minimum Gasteiger partial charge on any atom is -0.385 e. The van der Waals surface area contributed by atoms with Gasteiger partial charge >= 0.3 is 0 Å². The first kappa shape index (κ1) is 11.7. The first-order valence-electron chi connectivity index (χ1n) is 4.97. The monoisotopic (exact) mass is 299 g/mol. The van der Waals surface area contributed by atoms with Crippen molar-refractivity contribution in [1.82, 2.24) is 9.97 Å². The van der Waals surface area contributed by atoms with Gasteiger partial charge in [-0.05, 0) is 6.92 Å². The van der Waals surface area contributed by atoms with Crippen LogP contribution in [0, 0.1) is 6.92 Å². The normalized spacial score (nSPS) is 11.5. The van der Waals surface area contributed by atoms with Crippen LogP contribution in [-0.4, -0.2) is 17.0 Å². The van der Waals surface area contributed by atoms with E-state index in [9.17, 15) is 0 Å². The number of thiol groups is 1. The first-order chi connectivity index (χ1) is 8.11. The van der Waals surface area contributed by atoms with Gasteiger partial charge in [-0.1, -0.05) is 9.24 Å². The molecule has 1 atom stereocenters. The SMILES string of the molecule is CNc1c2nc(C)sc2c(S)c2nc(P)sc12. The average molecular weight is 299 g/mol. The summed E-state index contributed by atoms with van der Waals surface area (Å²) in [6.45, 7) is 2.01. The van der Waals surface area contributed by atoms with Crippen molar-refractivity contribution in [2.24, 2.45) is 0 Å². The topological polar surface area (TPSA) is 37.8 Å². The Morgan fingerprint density at radius 3 is 2.65 bits per heavy atom. The summed E-state index contributed by atoms with van der Waals surface area (Å²) in [4.78, 5) is 10.0. The molecule has 2 aromatic heterocycles. The summed E-state index contributed by atoms with van der Waals surface area (Å²) in [5.74, 6) is 0. The van der Waals surface area contributed by atoms with Gasteiger partial charge in [0.05, 0.1) is 30.5 Å². The van der Waals surface area contributed by atoms with E-state index < -0.39 is 0 Å². The van der Waals surface area contributed by atoms with Gasteiger partial charge in [-0.25, -0.2) is 9.97 Å². The van der Waals surface area contributed by atoms with E-state index in [1.54, 1.807) is 22.7 Å². The van der Waals surface area contributed by atoms with E-state index in [0.717, 1.165) is 40.8 Å². The number of hydrogen-bond donors (Lipinski definition) is 2. The average Bonchev–Trinajstić information content (AvgIpc) is 2.83. The van der Waals surface area contributed by atoms with Crippen LogP contribution < -0.4 is 10.1 Å². The Labute approximate surface area is 114 Å². The van der Waals surface area contributed by atoms with Gasteiger partial charge in [0.25, 0.3) is 0 Å². The number of fused-ring (bicyclic) bond motifs is 2. The van der Waals surface area contributed by atoms with Gasteiger partial charge in [-0.3, -0.25) is 0 Å². The van der Waals surface area contributed by atoms with Gasteiger partial charge in [0.15, 0.2) is 0 Å². The maximum Gasteiger partial charge on any atom is 0.110 e. The van der Waals surface area contributed by atoms with Gasteiger partial charge in [0.1, 0.15) is 10.3 Å². The van der Waals surface area contributed by atoms with Crippen molar-refractivity contribution >= 4 is 75.4 Å². The molecule has 3 rings (SSSR count). The highest BCUT2D eigenvalue weighted by Gasteiger charge is 2.17. The van der Waals surface area contributed by atoms with Crippen molar-refractivity contribution < 1.29 is 0 Å². The van der Waals surface area contributed by atoms with Crippen LogP contribution in [-0.2, 0) is 0 Å². The quantitative estimate of drug-likeness (QED) is 0.536. The standard InChI is InChI=1S/C10H10N3PS3/c1-3-12-5-4(11-2)8-6(13-10(14)17-8)7(15)9(5)16-3/h11,15H,14H2,1-2H3. The van der Waals surface area contributed by atoms with E-state index in [-0.39, 0.29) is 0 Å². The maximum absolute atomic E-state index is 4.61. The smallest absolute Gasteiger partial charge is 0.110 e. The van der Waals surface area contributed by atoms with Crippen molar-refractivity contribution in [1.29, 1.82) is 0 Å². The molecule has 3 aromatic rings. The molecule has 88 valence electrons. The zero-order chi connectivity index (χ0) is 12.2. The molecule has 0 aliphatic rings. The Balaban J connectivity index is 2.60. The first-order valence-corrected chi connectivity index (χ1v) is 7.63. The summed E-state index contributed by atoms with van der Waals surface area (Å²) in [5, 5.41) is 4.29. The predicted molar refractivity (Wildman–Crippen MR) is 83.7 cm³/mol. The van der Waals surface area contributed by atoms with E-state index in [2.05, 4.69) is 37.2 Å². The molecule has 1 unspecified atom stereocenters. The number of aromatic nitrogens is 2. The van der Waals surface area contributed by atoms with Crippen LogP contribution in [0.3, 0.4) is 0 Å². The lowest BCUT2D eigenvalue weighted by atomic mass is 10.2. The van der Waals surface area contributed by atoms with Crippen LogP contribution >= 0.6 is 44.5 Å². The third-order valence-corrected chi connectivity index (χ3v) is 5.49. The van der Waals surface area contributed by atoms with E-state index in [4.69, 9.17) is 0 Å². The Morgan fingerprint density at radius 1 is 1.18 bits per heavy atom. The fourth-order valence-corrected chi connectivity index (χ4v) is 4.59. The lowest BCUT2D eigenvalue weighted by Gasteiger charge is -2.04. The molecule has 0 aliphatic carbocycles. The number of anilines is 1.